The van der Waals surface area contributed by atoms with Gasteiger partial charge in [-0.25, -0.2) is 0 Å². The van der Waals surface area contributed by atoms with E-state index in [4.69, 9.17) is 4.43 Å². The van der Waals surface area contributed by atoms with Crippen LogP contribution in [-0.2, 0) is 4.43 Å². The summed E-state index contributed by atoms with van der Waals surface area (Å²) >= 11 is 0. The SMILES string of the molecule is C[C@H]1CC[C@](C)([C@H]2CC[C@]3(C)[C@@H](C)CC[C@H]3[C@@H]2CN=[N+]=[N-])[C@@H](CO[Si](C)(C)C(C)(C)C)C1. The average molecular weight is 462 g/mol. The van der Waals surface area contributed by atoms with Crippen molar-refractivity contribution in [1.29, 1.82) is 0 Å². The molecule has 0 aliphatic heterocycles. The third-order valence-corrected chi connectivity index (χ3v) is 15.9. The second-order valence-corrected chi connectivity index (χ2v) is 18.8. The molecule has 0 aromatic rings. The third kappa shape index (κ3) is 4.68. The van der Waals surface area contributed by atoms with Gasteiger partial charge in [-0.2, -0.15) is 0 Å². The average Bonchev–Trinajstić information content (AvgIpc) is 3.01. The van der Waals surface area contributed by atoms with Gasteiger partial charge in [-0.1, -0.05) is 60.0 Å². The molecule has 3 aliphatic rings. The van der Waals surface area contributed by atoms with Crippen LogP contribution in [-0.4, -0.2) is 21.5 Å². The van der Waals surface area contributed by atoms with E-state index in [1.54, 1.807) is 0 Å². The molecule has 0 heterocycles. The van der Waals surface area contributed by atoms with E-state index in [0.717, 1.165) is 18.4 Å². The van der Waals surface area contributed by atoms with Gasteiger partial charge in [0, 0.05) is 18.1 Å². The Morgan fingerprint density at radius 1 is 1.00 bits per heavy atom. The lowest BCUT2D eigenvalue weighted by molar-refractivity contribution is -0.0870. The van der Waals surface area contributed by atoms with Gasteiger partial charge in [-0.15, -0.1) is 0 Å². The van der Waals surface area contributed by atoms with Crippen LogP contribution >= 0.6 is 0 Å². The molecule has 3 aliphatic carbocycles. The summed E-state index contributed by atoms with van der Waals surface area (Å²) in [6, 6.07) is 0. The number of fused-ring (bicyclic) bond motifs is 1. The number of hydrogen-bond donors (Lipinski definition) is 0. The molecule has 0 aromatic carbocycles. The topological polar surface area (TPSA) is 58.0 Å². The number of hydrogen-bond acceptors (Lipinski definition) is 2. The minimum Gasteiger partial charge on any atom is -0.417 e. The first-order chi connectivity index (χ1) is 14.8. The molecule has 184 valence electrons. The van der Waals surface area contributed by atoms with Crippen molar-refractivity contribution in [3.8, 4) is 0 Å². The maximum atomic E-state index is 9.19. The Bertz CT molecular complexity index is 712. The highest BCUT2D eigenvalue weighted by molar-refractivity contribution is 6.74. The predicted octanol–water partition coefficient (Wildman–Crippen LogP) is 8.84. The van der Waals surface area contributed by atoms with E-state index in [1.807, 2.05) is 0 Å². The van der Waals surface area contributed by atoms with Gasteiger partial charge >= 0.3 is 0 Å². The van der Waals surface area contributed by atoms with Crippen LogP contribution in [0.3, 0.4) is 0 Å². The van der Waals surface area contributed by atoms with Crippen molar-refractivity contribution in [3.63, 3.8) is 0 Å². The number of rotatable bonds is 6. The highest BCUT2D eigenvalue weighted by atomic mass is 28.4. The Hall–Kier alpha value is -0.513. The summed E-state index contributed by atoms with van der Waals surface area (Å²) < 4.78 is 6.86. The number of nitrogens with zero attached hydrogens (tertiary/aromatic N) is 3. The van der Waals surface area contributed by atoms with E-state index in [-0.39, 0.29) is 10.5 Å². The minimum atomic E-state index is -1.77. The third-order valence-electron chi connectivity index (χ3n) is 11.4. The molecule has 3 saturated carbocycles. The lowest BCUT2D eigenvalue weighted by Crippen LogP contribution is -2.52. The summed E-state index contributed by atoms with van der Waals surface area (Å²) in [4.78, 5) is 3.22. The van der Waals surface area contributed by atoms with Gasteiger partial charge in [0.05, 0.1) is 0 Å². The van der Waals surface area contributed by atoms with Gasteiger partial charge < -0.3 is 4.43 Å². The molecule has 0 N–H and O–H groups in total. The van der Waals surface area contributed by atoms with Crippen molar-refractivity contribution in [3.05, 3.63) is 10.4 Å². The van der Waals surface area contributed by atoms with Crippen LogP contribution < -0.4 is 0 Å². The first-order valence-electron chi connectivity index (χ1n) is 13.4. The molecule has 3 rings (SSSR count). The van der Waals surface area contributed by atoms with Crippen molar-refractivity contribution < 1.29 is 4.43 Å². The van der Waals surface area contributed by atoms with Gasteiger partial charge in [0.2, 0.25) is 0 Å². The van der Waals surface area contributed by atoms with Crippen molar-refractivity contribution >= 4 is 8.32 Å². The molecule has 0 aromatic heterocycles. The quantitative estimate of drug-likeness (QED) is 0.169. The molecule has 0 saturated heterocycles. The van der Waals surface area contributed by atoms with E-state index in [1.165, 1.54) is 44.9 Å². The second kappa shape index (κ2) is 9.27. The molecule has 32 heavy (non-hydrogen) atoms. The molecule has 8 atom stereocenters. The summed E-state index contributed by atoms with van der Waals surface area (Å²) in [7, 11) is -1.77. The Labute approximate surface area is 199 Å². The smallest absolute Gasteiger partial charge is 0.191 e. The van der Waals surface area contributed by atoms with Gasteiger partial charge in [0.15, 0.2) is 8.32 Å². The maximum Gasteiger partial charge on any atom is 0.191 e. The van der Waals surface area contributed by atoms with Crippen molar-refractivity contribution in [1.82, 2.24) is 0 Å². The summed E-state index contributed by atoms with van der Waals surface area (Å²) in [6.07, 6.45) is 9.21. The molecule has 0 amide bonds. The van der Waals surface area contributed by atoms with E-state index in [0.29, 0.717) is 35.6 Å². The zero-order valence-electron chi connectivity index (χ0n) is 22.6. The maximum absolute atomic E-state index is 9.19. The molecule has 3 fully saturated rings. The van der Waals surface area contributed by atoms with Crippen molar-refractivity contribution in [2.24, 2.45) is 51.5 Å². The van der Waals surface area contributed by atoms with Crippen LogP contribution in [0.15, 0.2) is 5.11 Å². The Kier molecular flexibility index (Phi) is 7.56. The Morgan fingerprint density at radius 3 is 2.25 bits per heavy atom. The van der Waals surface area contributed by atoms with Crippen LogP contribution in [0.1, 0.15) is 93.4 Å². The molecule has 0 radical (unpaired) electrons. The monoisotopic (exact) mass is 461 g/mol. The van der Waals surface area contributed by atoms with E-state index < -0.39 is 8.32 Å². The number of azide groups is 1. The van der Waals surface area contributed by atoms with Crippen LogP contribution in [0.4, 0.5) is 0 Å². The fourth-order valence-electron chi connectivity index (χ4n) is 7.66. The standard InChI is InChI=1S/C27H51N3OSi/c1-19-12-14-27(7,21(16-19)18-31-32(8,9)25(3,4)5)24-13-15-26(6)20(2)10-11-23(26)22(24)17-29-30-28/h19-24H,10-18H2,1-9H3/t19-,20-,21+,22-,23-,24-,26+,27-/m0/s1. The zero-order valence-corrected chi connectivity index (χ0v) is 23.6. The van der Waals surface area contributed by atoms with Crippen molar-refractivity contribution in [2.45, 2.75) is 112 Å². The lowest BCUT2D eigenvalue weighted by atomic mass is 9.48. The molecular formula is C27H51N3OSi. The van der Waals surface area contributed by atoms with Gasteiger partial charge in [0.25, 0.3) is 0 Å². The Balaban J connectivity index is 1.89. The van der Waals surface area contributed by atoms with Crippen LogP contribution in [0.2, 0.25) is 18.1 Å². The van der Waals surface area contributed by atoms with Crippen LogP contribution in [0, 0.1) is 46.3 Å². The van der Waals surface area contributed by atoms with Crippen LogP contribution in [0.25, 0.3) is 10.4 Å². The zero-order chi connectivity index (χ0) is 23.9. The van der Waals surface area contributed by atoms with Gasteiger partial charge in [-0.3, -0.25) is 0 Å². The fourth-order valence-corrected chi connectivity index (χ4v) is 8.71. The van der Waals surface area contributed by atoms with Gasteiger partial charge in [-0.05, 0) is 109 Å². The molecule has 4 nitrogen and oxygen atoms in total. The van der Waals surface area contributed by atoms with Gasteiger partial charge in [0.1, 0.15) is 0 Å². The molecule has 0 unspecified atom stereocenters. The second-order valence-electron chi connectivity index (χ2n) is 14.0. The summed E-state index contributed by atoms with van der Waals surface area (Å²) in [6.45, 7) is 23.5. The van der Waals surface area contributed by atoms with E-state index >= 15 is 0 Å². The van der Waals surface area contributed by atoms with Crippen LogP contribution in [0.5, 0.6) is 0 Å². The van der Waals surface area contributed by atoms with E-state index in [9.17, 15) is 5.53 Å². The molecular weight excluding hydrogens is 410 g/mol. The van der Waals surface area contributed by atoms with Crippen molar-refractivity contribution in [2.75, 3.05) is 13.2 Å². The Morgan fingerprint density at radius 2 is 1.62 bits per heavy atom. The molecule has 5 heteroatoms. The normalized spacial score (nSPS) is 42.9. The predicted molar refractivity (Wildman–Crippen MR) is 138 cm³/mol. The summed E-state index contributed by atoms with van der Waals surface area (Å²) in [5, 5.41) is 4.45. The summed E-state index contributed by atoms with van der Waals surface area (Å²) in [5.41, 5.74) is 9.91. The highest BCUT2D eigenvalue weighted by Crippen LogP contribution is 2.64. The first-order valence-corrected chi connectivity index (χ1v) is 16.3. The minimum absolute atomic E-state index is 0.250. The lowest BCUT2D eigenvalue weighted by Gasteiger charge is -2.57. The largest absolute Gasteiger partial charge is 0.417 e. The molecule has 0 spiro atoms. The first kappa shape index (κ1) is 26.1. The summed E-state index contributed by atoms with van der Waals surface area (Å²) in [5.74, 6) is 4.08. The molecule has 0 bridgehead atoms. The van der Waals surface area contributed by atoms with E-state index in [2.05, 4.69) is 71.6 Å². The highest BCUT2D eigenvalue weighted by Gasteiger charge is 2.57. The fraction of sp³-hybridized carbons (Fsp3) is 1.00.